The van der Waals surface area contributed by atoms with Gasteiger partial charge in [0.2, 0.25) is 5.91 Å². The third kappa shape index (κ3) is 4.49. The van der Waals surface area contributed by atoms with Crippen LogP contribution in [-0.2, 0) is 9.53 Å². The number of nitrogen functional groups attached to an aromatic ring is 1. The second kappa shape index (κ2) is 7.05. The molecule has 0 bridgehead atoms. The number of likely N-dealkylation sites (N-methyl/N-ethyl adjacent to an activating group) is 1. The van der Waals surface area contributed by atoms with E-state index < -0.39 is 0 Å². The van der Waals surface area contributed by atoms with Crippen molar-refractivity contribution >= 4 is 28.3 Å². The maximum Gasteiger partial charge on any atom is 0.266 e. The Morgan fingerprint density at radius 2 is 2.21 bits per heavy atom. The first-order valence-corrected chi connectivity index (χ1v) is 6.51. The summed E-state index contributed by atoms with van der Waals surface area (Å²) in [5.74, 6) is -0.489. The van der Waals surface area contributed by atoms with Gasteiger partial charge in [0.05, 0.1) is 18.8 Å². The molecule has 0 saturated carbocycles. The normalized spacial score (nSPS) is 10.3. The van der Waals surface area contributed by atoms with Crippen molar-refractivity contribution in [2.45, 2.75) is 6.92 Å². The summed E-state index contributed by atoms with van der Waals surface area (Å²) < 4.78 is 4.82. The van der Waals surface area contributed by atoms with Gasteiger partial charge in [-0.25, -0.2) is 4.98 Å². The van der Waals surface area contributed by atoms with Crippen molar-refractivity contribution in [3.05, 3.63) is 10.6 Å². The largest absolute Gasteiger partial charge is 0.383 e. The van der Waals surface area contributed by atoms with Gasteiger partial charge in [-0.15, -0.1) is 0 Å². The fourth-order valence-electron chi connectivity index (χ4n) is 1.42. The lowest BCUT2D eigenvalue weighted by Gasteiger charge is -2.16. The van der Waals surface area contributed by atoms with Crippen molar-refractivity contribution < 1.29 is 14.3 Å². The van der Waals surface area contributed by atoms with Crippen molar-refractivity contribution in [1.29, 1.82) is 0 Å². The molecule has 8 heteroatoms. The molecule has 3 N–H and O–H groups in total. The number of ether oxygens (including phenoxy) is 1. The SMILES string of the molecule is COCCNC(=O)CN(C)C(=O)c1sc(N)nc1C. The molecule has 0 unspecified atom stereocenters. The number of carbonyl (C=O) groups is 2. The van der Waals surface area contributed by atoms with Crippen LogP contribution in [0.15, 0.2) is 0 Å². The molecule has 19 heavy (non-hydrogen) atoms. The van der Waals surface area contributed by atoms with E-state index in [1.807, 2.05) is 0 Å². The Morgan fingerprint density at radius 3 is 2.74 bits per heavy atom. The van der Waals surface area contributed by atoms with Gasteiger partial charge in [0.25, 0.3) is 5.91 Å². The van der Waals surface area contributed by atoms with Gasteiger partial charge >= 0.3 is 0 Å². The molecule has 1 aromatic heterocycles. The Morgan fingerprint density at radius 1 is 1.53 bits per heavy atom. The van der Waals surface area contributed by atoms with E-state index in [0.717, 1.165) is 11.3 Å². The Balaban J connectivity index is 2.53. The van der Waals surface area contributed by atoms with Gasteiger partial charge in [0, 0.05) is 20.7 Å². The first-order valence-electron chi connectivity index (χ1n) is 5.69. The number of rotatable bonds is 6. The second-order valence-corrected chi connectivity index (χ2v) is 5.00. The molecule has 7 nitrogen and oxygen atoms in total. The minimum Gasteiger partial charge on any atom is -0.383 e. The molecular formula is C11H18N4O3S. The number of carbonyl (C=O) groups excluding carboxylic acids is 2. The highest BCUT2D eigenvalue weighted by molar-refractivity contribution is 7.17. The minimum atomic E-state index is -0.256. The van der Waals surface area contributed by atoms with Gasteiger partial charge in [0.15, 0.2) is 5.13 Å². The van der Waals surface area contributed by atoms with E-state index in [0.29, 0.717) is 28.9 Å². The smallest absolute Gasteiger partial charge is 0.266 e. The Hall–Kier alpha value is -1.67. The van der Waals surface area contributed by atoms with Gasteiger partial charge < -0.3 is 20.7 Å². The Kier molecular flexibility index (Phi) is 5.71. The van der Waals surface area contributed by atoms with Crippen molar-refractivity contribution in [3.63, 3.8) is 0 Å². The highest BCUT2D eigenvalue weighted by atomic mass is 32.1. The summed E-state index contributed by atoms with van der Waals surface area (Å²) in [5.41, 5.74) is 6.13. The number of nitrogens with zero attached hydrogens (tertiary/aromatic N) is 2. The molecule has 2 amide bonds. The van der Waals surface area contributed by atoms with Crippen molar-refractivity contribution in [3.8, 4) is 0 Å². The van der Waals surface area contributed by atoms with E-state index in [1.54, 1.807) is 21.1 Å². The van der Waals surface area contributed by atoms with Crippen LogP contribution in [0.3, 0.4) is 0 Å². The van der Waals surface area contributed by atoms with Crippen LogP contribution in [0.1, 0.15) is 15.4 Å². The summed E-state index contributed by atoms with van der Waals surface area (Å²) in [7, 11) is 3.12. The van der Waals surface area contributed by atoms with Crippen LogP contribution in [0.25, 0.3) is 0 Å². The maximum absolute atomic E-state index is 12.1. The van der Waals surface area contributed by atoms with Gasteiger partial charge in [-0.1, -0.05) is 11.3 Å². The summed E-state index contributed by atoms with van der Waals surface area (Å²) >= 11 is 1.12. The number of nitrogens with one attached hydrogen (secondary N) is 1. The van der Waals surface area contributed by atoms with Crippen LogP contribution >= 0.6 is 11.3 Å². The average Bonchev–Trinajstić information content (AvgIpc) is 2.67. The molecule has 1 aromatic rings. The van der Waals surface area contributed by atoms with Gasteiger partial charge in [0.1, 0.15) is 4.88 Å². The van der Waals surface area contributed by atoms with Crippen LogP contribution in [0.2, 0.25) is 0 Å². The lowest BCUT2D eigenvalue weighted by atomic mass is 10.3. The van der Waals surface area contributed by atoms with Gasteiger partial charge in [-0.3, -0.25) is 9.59 Å². The van der Waals surface area contributed by atoms with Crippen LogP contribution < -0.4 is 11.1 Å². The molecule has 0 aliphatic carbocycles. The zero-order valence-electron chi connectivity index (χ0n) is 11.2. The summed E-state index contributed by atoms with van der Waals surface area (Å²) in [5, 5.41) is 2.99. The molecule has 1 heterocycles. The standard InChI is InChI=1S/C11H18N4O3S/c1-7-9(19-11(12)14-7)10(17)15(2)6-8(16)13-4-5-18-3/h4-6H2,1-3H3,(H2,12,14)(H,13,16). The number of hydrogen-bond donors (Lipinski definition) is 2. The number of anilines is 1. The van der Waals surface area contributed by atoms with E-state index in [2.05, 4.69) is 10.3 Å². The van der Waals surface area contributed by atoms with Crippen LogP contribution in [0, 0.1) is 6.92 Å². The van der Waals surface area contributed by atoms with E-state index in [4.69, 9.17) is 10.5 Å². The number of aromatic nitrogens is 1. The molecule has 0 saturated heterocycles. The van der Waals surface area contributed by atoms with E-state index in [1.165, 1.54) is 4.90 Å². The van der Waals surface area contributed by atoms with Crippen LogP contribution in [-0.4, -0.2) is 55.6 Å². The molecule has 106 valence electrons. The van der Waals surface area contributed by atoms with E-state index in [9.17, 15) is 9.59 Å². The molecule has 0 aromatic carbocycles. The van der Waals surface area contributed by atoms with Crippen LogP contribution in [0.4, 0.5) is 5.13 Å². The summed E-state index contributed by atoms with van der Waals surface area (Å²) in [6, 6.07) is 0. The second-order valence-electron chi connectivity index (χ2n) is 3.97. The molecule has 0 aliphatic heterocycles. The number of aryl methyl sites for hydroxylation is 1. The first-order chi connectivity index (χ1) is 8.95. The first kappa shape index (κ1) is 15.4. The number of methoxy groups -OCH3 is 1. The number of amides is 2. The number of hydrogen-bond acceptors (Lipinski definition) is 6. The molecule has 0 atom stereocenters. The zero-order valence-corrected chi connectivity index (χ0v) is 12.0. The van der Waals surface area contributed by atoms with Gasteiger partial charge in [-0.2, -0.15) is 0 Å². The number of thiazole rings is 1. The third-order valence-corrected chi connectivity index (χ3v) is 3.34. The van der Waals surface area contributed by atoms with Crippen molar-refractivity contribution in [1.82, 2.24) is 15.2 Å². The molecule has 0 spiro atoms. The average molecular weight is 286 g/mol. The quantitative estimate of drug-likeness (QED) is 0.710. The van der Waals surface area contributed by atoms with Crippen molar-refractivity contribution in [2.24, 2.45) is 0 Å². The third-order valence-electron chi connectivity index (χ3n) is 2.36. The highest BCUT2D eigenvalue weighted by Crippen LogP contribution is 2.20. The van der Waals surface area contributed by atoms with Crippen molar-refractivity contribution in [2.75, 3.05) is 39.6 Å². The lowest BCUT2D eigenvalue weighted by Crippen LogP contribution is -2.39. The maximum atomic E-state index is 12.1. The molecule has 0 aliphatic rings. The van der Waals surface area contributed by atoms with E-state index in [-0.39, 0.29) is 18.4 Å². The van der Waals surface area contributed by atoms with E-state index >= 15 is 0 Å². The molecule has 0 fully saturated rings. The highest BCUT2D eigenvalue weighted by Gasteiger charge is 2.19. The topological polar surface area (TPSA) is 97.5 Å². The summed E-state index contributed by atoms with van der Waals surface area (Å²) in [4.78, 5) is 29.4. The van der Waals surface area contributed by atoms with Crippen LogP contribution in [0.5, 0.6) is 0 Å². The fraction of sp³-hybridized carbons (Fsp3) is 0.545. The Bertz CT molecular complexity index is 461. The Labute approximate surface area is 115 Å². The monoisotopic (exact) mass is 286 g/mol. The number of nitrogens with two attached hydrogens (primary N) is 1. The predicted molar refractivity (Wildman–Crippen MR) is 73.1 cm³/mol. The molecule has 1 rings (SSSR count). The predicted octanol–water partition coefficient (Wildman–Crippen LogP) is -0.132. The summed E-state index contributed by atoms with van der Waals surface area (Å²) in [6.45, 7) is 2.56. The lowest BCUT2D eigenvalue weighted by molar-refractivity contribution is -0.121. The summed E-state index contributed by atoms with van der Waals surface area (Å²) in [6.07, 6.45) is 0. The van der Waals surface area contributed by atoms with Gasteiger partial charge in [-0.05, 0) is 6.92 Å². The minimum absolute atomic E-state index is 0.0141. The zero-order chi connectivity index (χ0) is 14.4. The molecular weight excluding hydrogens is 268 g/mol. The molecule has 0 radical (unpaired) electrons. The fourth-order valence-corrected chi connectivity index (χ4v) is 2.25.